The van der Waals surface area contributed by atoms with E-state index in [0.717, 1.165) is 55.3 Å². The van der Waals surface area contributed by atoms with Gasteiger partial charge in [0.1, 0.15) is 0 Å². The van der Waals surface area contributed by atoms with Crippen molar-refractivity contribution in [2.75, 3.05) is 33.0 Å². The molecule has 0 aromatic heterocycles. The van der Waals surface area contributed by atoms with Crippen LogP contribution in [0.5, 0.6) is 11.5 Å². The molecule has 2 aromatic rings. The molecule has 142 valence electrons. The number of hydrogen-bond acceptors (Lipinski definition) is 4. The predicted molar refractivity (Wildman–Crippen MR) is 104 cm³/mol. The molecule has 4 rings (SSSR count). The Bertz CT molecular complexity index is 870. The average Bonchev–Trinajstić information content (AvgIpc) is 3.12. The maximum absolute atomic E-state index is 13.0. The molecular weight excluding hydrogens is 340 g/mol. The Morgan fingerprint density at radius 1 is 0.889 bits per heavy atom. The summed E-state index contributed by atoms with van der Waals surface area (Å²) in [7, 11) is 0. The number of aryl methyl sites for hydroxylation is 3. The lowest BCUT2D eigenvalue weighted by molar-refractivity contribution is 0.0627. The summed E-state index contributed by atoms with van der Waals surface area (Å²) in [4.78, 5) is 17.3. The van der Waals surface area contributed by atoms with Crippen LogP contribution in [0.1, 0.15) is 32.6 Å². The van der Waals surface area contributed by atoms with E-state index in [1.165, 1.54) is 16.7 Å². The van der Waals surface area contributed by atoms with Crippen molar-refractivity contribution < 1.29 is 14.3 Å². The summed E-state index contributed by atoms with van der Waals surface area (Å²) in [6, 6.07) is 10.3. The van der Waals surface area contributed by atoms with Crippen LogP contribution in [-0.2, 0) is 6.54 Å². The van der Waals surface area contributed by atoms with Gasteiger partial charge >= 0.3 is 0 Å². The molecule has 27 heavy (non-hydrogen) atoms. The minimum Gasteiger partial charge on any atom is -0.454 e. The van der Waals surface area contributed by atoms with E-state index in [-0.39, 0.29) is 5.91 Å². The summed E-state index contributed by atoms with van der Waals surface area (Å²) in [6.45, 7) is 10.6. The van der Waals surface area contributed by atoms with Crippen LogP contribution in [0.15, 0.2) is 30.3 Å². The van der Waals surface area contributed by atoms with Crippen LogP contribution in [0.4, 0.5) is 0 Å². The molecule has 1 fully saturated rings. The minimum atomic E-state index is 0.151. The second-order valence-corrected chi connectivity index (χ2v) is 7.51. The molecule has 1 amide bonds. The number of rotatable bonds is 3. The summed E-state index contributed by atoms with van der Waals surface area (Å²) in [5, 5.41) is 0. The average molecular weight is 366 g/mol. The van der Waals surface area contributed by atoms with E-state index in [1.807, 2.05) is 24.0 Å². The molecular formula is C22H26N2O3. The van der Waals surface area contributed by atoms with Crippen LogP contribution in [0, 0.1) is 20.8 Å². The topological polar surface area (TPSA) is 42.0 Å². The fourth-order valence-electron chi connectivity index (χ4n) is 3.77. The quantitative estimate of drug-likeness (QED) is 0.836. The Kier molecular flexibility index (Phi) is 4.79. The number of fused-ring (bicyclic) bond motifs is 1. The first-order chi connectivity index (χ1) is 13.0. The van der Waals surface area contributed by atoms with E-state index in [0.29, 0.717) is 6.79 Å². The van der Waals surface area contributed by atoms with Crippen LogP contribution in [-0.4, -0.2) is 48.7 Å². The van der Waals surface area contributed by atoms with Gasteiger partial charge in [0.05, 0.1) is 0 Å². The highest BCUT2D eigenvalue weighted by atomic mass is 16.7. The maximum Gasteiger partial charge on any atom is 0.254 e. The summed E-state index contributed by atoms with van der Waals surface area (Å²) in [6.07, 6.45) is 0. The number of carbonyl (C=O) groups is 1. The van der Waals surface area contributed by atoms with Crippen molar-refractivity contribution in [3.63, 3.8) is 0 Å². The van der Waals surface area contributed by atoms with E-state index < -0.39 is 0 Å². The lowest BCUT2D eigenvalue weighted by Gasteiger charge is -2.35. The summed E-state index contributed by atoms with van der Waals surface area (Å²) in [5.74, 6) is 1.79. The second-order valence-electron chi connectivity index (χ2n) is 7.51. The zero-order chi connectivity index (χ0) is 19.0. The molecule has 0 bridgehead atoms. The Morgan fingerprint density at radius 2 is 1.59 bits per heavy atom. The first-order valence-corrected chi connectivity index (χ1v) is 9.49. The molecule has 0 unspecified atom stereocenters. The Hall–Kier alpha value is -2.53. The second kappa shape index (κ2) is 7.24. The fraction of sp³-hybridized carbons (Fsp3) is 0.409. The van der Waals surface area contributed by atoms with Gasteiger partial charge in [-0.2, -0.15) is 0 Å². The minimum absolute atomic E-state index is 0.151. The number of benzene rings is 2. The normalized spacial score (nSPS) is 16.6. The molecule has 1 saturated heterocycles. The number of amides is 1. The zero-order valence-corrected chi connectivity index (χ0v) is 16.2. The Balaban J connectivity index is 1.37. The zero-order valence-electron chi connectivity index (χ0n) is 16.2. The van der Waals surface area contributed by atoms with Gasteiger partial charge in [0, 0.05) is 38.3 Å². The van der Waals surface area contributed by atoms with Crippen molar-refractivity contribution in [1.82, 2.24) is 9.80 Å². The predicted octanol–water partition coefficient (Wildman–Crippen LogP) is 3.30. The smallest absolute Gasteiger partial charge is 0.254 e. The third kappa shape index (κ3) is 3.65. The van der Waals surface area contributed by atoms with Crippen molar-refractivity contribution in [3.8, 4) is 11.5 Å². The van der Waals surface area contributed by atoms with Gasteiger partial charge in [0.15, 0.2) is 11.5 Å². The fourth-order valence-corrected chi connectivity index (χ4v) is 3.77. The molecule has 0 spiro atoms. The maximum atomic E-state index is 13.0. The number of ether oxygens (including phenoxy) is 2. The van der Waals surface area contributed by atoms with Gasteiger partial charge in [-0.05, 0) is 61.2 Å². The van der Waals surface area contributed by atoms with Crippen LogP contribution in [0.2, 0.25) is 0 Å². The van der Waals surface area contributed by atoms with Gasteiger partial charge in [0.25, 0.3) is 5.91 Å². The number of hydrogen-bond donors (Lipinski definition) is 0. The molecule has 0 atom stereocenters. The van der Waals surface area contributed by atoms with Crippen molar-refractivity contribution in [2.24, 2.45) is 0 Å². The molecule has 0 radical (unpaired) electrons. The lowest BCUT2D eigenvalue weighted by atomic mass is 10.00. The van der Waals surface area contributed by atoms with Gasteiger partial charge in [-0.1, -0.05) is 12.1 Å². The van der Waals surface area contributed by atoms with Gasteiger partial charge in [0.2, 0.25) is 6.79 Å². The molecule has 0 N–H and O–H groups in total. The Labute approximate surface area is 160 Å². The van der Waals surface area contributed by atoms with E-state index in [1.54, 1.807) is 0 Å². The van der Waals surface area contributed by atoms with Crippen molar-refractivity contribution >= 4 is 5.91 Å². The first kappa shape index (κ1) is 17.9. The third-order valence-electron chi connectivity index (χ3n) is 5.57. The van der Waals surface area contributed by atoms with Crippen LogP contribution < -0.4 is 9.47 Å². The van der Waals surface area contributed by atoms with E-state index in [4.69, 9.17) is 9.47 Å². The number of carbonyl (C=O) groups excluding carboxylic acids is 1. The molecule has 2 aliphatic rings. The standard InChI is InChI=1S/C22H26N2O3/c1-15-10-17(3)19(11-16(15)2)22(25)24-8-6-23(7-9-24)13-18-4-5-20-21(12-18)27-14-26-20/h4-5,10-12H,6-9,13-14H2,1-3H3. The molecule has 0 saturated carbocycles. The monoisotopic (exact) mass is 366 g/mol. The summed E-state index contributed by atoms with van der Waals surface area (Å²) in [5.41, 5.74) is 5.51. The summed E-state index contributed by atoms with van der Waals surface area (Å²) < 4.78 is 10.8. The molecule has 5 nitrogen and oxygen atoms in total. The molecule has 0 aliphatic carbocycles. The van der Waals surface area contributed by atoms with E-state index in [2.05, 4.69) is 36.9 Å². The highest BCUT2D eigenvalue weighted by Gasteiger charge is 2.24. The number of piperazine rings is 1. The highest BCUT2D eigenvalue weighted by molar-refractivity contribution is 5.96. The molecule has 2 aliphatic heterocycles. The summed E-state index contributed by atoms with van der Waals surface area (Å²) >= 11 is 0. The van der Waals surface area contributed by atoms with E-state index >= 15 is 0 Å². The number of nitrogens with zero attached hydrogens (tertiary/aromatic N) is 2. The van der Waals surface area contributed by atoms with Crippen molar-refractivity contribution in [2.45, 2.75) is 27.3 Å². The van der Waals surface area contributed by atoms with Crippen molar-refractivity contribution in [1.29, 1.82) is 0 Å². The van der Waals surface area contributed by atoms with E-state index in [9.17, 15) is 4.79 Å². The molecule has 2 aromatic carbocycles. The molecule has 5 heteroatoms. The highest BCUT2D eigenvalue weighted by Crippen LogP contribution is 2.32. The largest absolute Gasteiger partial charge is 0.454 e. The third-order valence-corrected chi connectivity index (χ3v) is 5.57. The van der Waals surface area contributed by atoms with Gasteiger partial charge < -0.3 is 14.4 Å². The Morgan fingerprint density at radius 3 is 2.37 bits per heavy atom. The van der Waals surface area contributed by atoms with Crippen LogP contribution in [0.25, 0.3) is 0 Å². The SMILES string of the molecule is Cc1cc(C)c(C(=O)N2CCN(Cc3ccc4c(c3)OCO4)CC2)cc1C. The van der Waals surface area contributed by atoms with Crippen LogP contribution >= 0.6 is 0 Å². The molecule has 2 heterocycles. The van der Waals surface area contributed by atoms with Gasteiger partial charge in [-0.3, -0.25) is 9.69 Å². The van der Waals surface area contributed by atoms with Crippen LogP contribution in [0.3, 0.4) is 0 Å². The lowest BCUT2D eigenvalue weighted by Crippen LogP contribution is -2.48. The first-order valence-electron chi connectivity index (χ1n) is 9.49. The van der Waals surface area contributed by atoms with Gasteiger partial charge in [-0.25, -0.2) is 0 Å². The van der Waals surface area contributed by atoms with Crippen molar-refractivity contribution in [3.05, 3.63) is 58.1 Å². The van der Waals surface area contributed by atoms with Gasteiger partial charge in [-0.15, -0.1) is 0 Å².